The molecular weight excluding hydrogens is 518 g/mol. The smallest absolute Gasteiger partial charge is 0.381 e. The van der Waals surface area contributed by atoms with Crippen LogP contribution in [0, 0.1) is 11.3 Å². The number of ether oxygens (including phenoxy) is 1. The standard InChI is InChI=1S/C25H26F6N4O3/c1-12-20-19-18-13(8-14(24(26,27)28)9-17(18)32-33-19)11-34(20)21(36)23(12)5-2-16(10-23)35(22(37)25(29,30)31)15-3-6-38-7-4-15/h8-9,12,15-16,20H,2-7,10-11H2,1H3,(H,32,33)/t12?,16-,20?,23+/m1/s1. The molecule has 1 saturated carbocycles. The number of rotatable bonds is 2. The fourth-order valence-electron chi connectivity index (χ4n) is 7.34. The fraction of sp³-hybridized carbons (Fsp3) is 0.640. The summed E-state index contributed by atoms with van der Waals surface area (Å²) in [4.78, 5) is 29.0. The molecule has 1 aliphatic carbocycles. The number of hydrogen-bond acceptors (Lipinski definition) is 4. The van der Waals surface area contributed by atoms with Gasteiger partial charge in [0.05, 0.1) is 28.2 Å². The molecule has 0 bridgehead atoms. The first-order valence-electron chi connectivity index (χ1n) is 12.7. The molecule has 6 rings (SSSR count). The molecule has 4 atom stereocenters. The van der Waals surface area contributed by atoms with Gasteiger partial charge in [-0.3, -0.25) is 14.7 Å². The number of aromatic amines is 1. The molecule has 2 unspecified atom stereocenters. The second-order valence-corrected chi connectivity index (χ2v) is 10.9. The second kappa shape index (κ2) is 8.33. The molecule has 1 spiro atoms. The summed E-state index contributed by atoms with van der Waals surface area (Å²) in [5.41, 5.74) is -0.848. The third-order valence-corrected chi connectivity index (χ3v) is 9.08. The highest BCUT2D eigenvalue weighted by Gasteiger charge is 2.63. The molecule has 1 N–H and O–H groups in total. The van der Waals surface area contributed by atoms with E-state index in [2.05, 4.69) is 10.2 Å². The predicted molar refractivity (Wildman–Crippen MR) is 120 cm³/mol. The van der Waals surface area contributed by atoms with Gasteiger partial charge in [0.1, 0.15) is 0 Å². The predicted octanol–water partition coefficient (Wildman–Crippen LogP) is 4.72. The molecule has 4 aliphatic rings. The number of fused-ring (bicyclic) bond motifs is 2. The number of amides is 2. The minimum atomic E-state index is -5.05. The number of aromatic nitrogens is 2. The van der Waals surface area contributed by atoms with E-state index < -0.39 is 47.4 Å². The van der Waals surface area contributed by atoms with Gasteiger partial charge in [0.25, 0.3) is 0 Å². The van der Waals surface area contributed by atoms with Crippen molar-refractivity contribution in [2.75, 3.05) is 13.2 Å². The second-order valence-electron chi connectivity index (χ2n) is 10.9. The van der Waals surface area contributed by atoms with E-state index in [1.165, 1.54) is 4.90 Å². The normalized spacial score (nSPS) is 29.9. The van der Waals surface area contributed by atoms with Crippen LogP contribution >= 0.6 is 0 Å². The summed E-state index contributed by atoms with van der Waals surface area (Å²) in [5, 5.41) is 7.51. The molecule has 206 valence electrons. The van der Waals surface area contributed by atoms with Crippen LogP contribution in [0.1, 0.15) is 61.9 Å². The van der Waals surface area contributed by atoms with E-state index in [9.17, 15) is 35.9 Å². The molecule has 4 heterocycles. The zero-order chi connectivity index (χ0) is 27.2. The summed E-state index contributed by atoms with van der Waals surface area (Å²) >= 11 is 0. The summed E-state index contributed by atoms with van der Waals surface area (Å²) in [6, 6.07) is 0.106. The lowest BCUT2D eigenvalue weighted by Gasteiger charge is -2.39. The monoisotopic (exact) mass is 544 g/mol. The van der Waals surface area contributed by atoms with Crippen LogP contribution in [0.2, 0.25) is 0 Å². The van der Waals surface area contributed by atoms with Crippen LogP contribution < -0.4 is 0 Å². The summed E-state index contributed by atoms with van der Waals surface area (Å²) in [5.74, 6) is -2.55. The first-order chi connectivity index (χ1) is 17.8. The highest BCUT2D eigenvalue weighted by molar-refractivity contribution is 5.93. The number of nitrogens with zero attached hydrogens (tertiary/aromatic N) is 3. The molecular formula is C25H26F6N4O3. The highest BCUT2D eigenvalue weighted by Crippen LogP contribution is 2.60. The third-order valence-electron chi connectivity index (χ3n) is 9.08. The number of H-pyrrole nitrogens is 1. The number of carbonyl (C=O) groups excluding carboxylic acids is 2. The first kappa shape index (κ1) is 25.4. The summed E-state index contributed by atoms with van der Waals surface area (Å²) in [6.07, 6.45) is -8.46. The van der Waals surface area contributed by atoms with Crippen LogP contribution in [-0.4, -0.2) is 63.3 Å². The van der Waals surface area contributed by atoms with Crippen LogP contribution in [0.15, 0.2) is 12.1 Å². The van der Waals surface area contributed by atoms with Gasteiger partial charge in [-0.15, -0.1) is 0 Å². The van der Waals surface area contributed by atoms with Gasteiger partial charge in [-0.2, -0.15) is 31.4 Å². The van der Waals surface area contributed by atoms with Crippen molar-refractivity contribution >= 4 is 22.7 Å². The zero-order valence-electron chi connectivity index (χ0n) is 20.5. The van der Waals surface area contributed by atoms with Gasteiger partial charge in [-0.1, -0.05) is 6.92 Å². The van der Waals surface area contributed by atoms with E-state index in [1.54, 1.807) is 0 Å². The Labute approximate surface area is 213 Å². The maximum Gasteiger partial charge on any atom is 0.471 e. The largest absolute Gasteiger partial charge is 0.471 e. The van der Waals surface area contributed by atoms with Crippen molar-refractivity contribution in [1.82, 2.24) is 20.0 Å². The van der Waals surface area contributed by atoms with Crippen LogP contribution in [-0.2, 0) is 27.0 Å². The number of nitrogens with one attached hydrogen (secondary N) is 1. The number of carbonyl (C=O) groups is 2. The average Bonchev–Trinajstić information content (AvgIpc) is 3.53. The van der Waals surface area contributed by atoms with Gasteiger partial charge in [0.15, 0.2) is 0 Å². The van der Waals surface area contributed by atoms with Crippen LogP contribution in [0.4, 0.5) is 26.3 Å². The van der Waals surface area contributed by atoms with E-state index in [0.717, 1.165) is 17.0 Å². The van der Waals surface area contributed by atoms with E-state index in [0.29, 0.717) is 16.6 Å². The van der Waals surface area contributed by atoms with Crippen molar-refractivity contribution in [3.05, 3.63) is 29.0 Å². The molecule has 7 nitrogen and oxygen atoms in total. The number of benzene rings is 1. The highest BCUT2D eigenvalue weighted by atomic mass is 19.4. The topological polar surface area (TPSA) is 78.5 Å². The number of halogens is 6. The fourth-order valence-corrected chi connectivity index (χ4v) is 7.34. The molecule has 38 heavy (non-hydrogen) atoms. The van der Waals surface area contributed by atoms with E-state index in [4.69, 9.17) is 4.74 Å². The van der Waals surface area contributed by atoms with Gasteiger partial charge in [-0.25, -0.2) is 0 Å². The molecule has 2 saturated heterocycles. The molecule has 2 aromatic rings. The van der Waals surface area contributed by atoms with Gasteiger partial charge in [0, 0.05) is 37.2 Å². The Morgan fingerprint density at radius 3 is 2.50 bits per heavy atom. The Morgan fingerprint density at radius 1 is 1.13 bits per heavy atom. The van der Waals surface area contributed by atoms with Crippen molar-refractivity contribution in [3.63, 3.8) is 0 Å². The van der Waals surface area contributed by atoms with E-state index in [1.807, 2.05) is 6.92 Å². The molecule has 3 fully saturated rings. The summed E-state index contributed by atoms with van der Waals surface area (Å²) < 4.78 is 86.7. The Morgan fingerprint density at radius 2 is 1.84 bits per heavy atom. The number of hydrogen-bond donors (Lipinski definition) is 1. The maximum absolute atomic E-state index is 13.9. The Balaban J connectivity index is 1.34. The Kier molecular flexibility index (Phi) is 5.58. The Bertz CT molecular complexity index is 1300. The molecule has 1 aromatic heterocycles. The molecule has 2 amide bonds. The number of alkyl halides is 6. The zero-order valence-corrected chi connectivity index (χ0v) is 20.5. The van der Waals surface area contributed by atoms with E-state index in [-0.39, 0.29) is 69.2 Å². The molecule has 3 aliphatic heterocycles. The van der Waals surface area contributed by atoms with Gasteiger partial charge in [-0.05, 0) is 55.7 Å². The van der Waals surface area contributed by atoms with Crippen molar-refractivity contribution in [1.29, 1.82) is 0 Å². The lowest BCUT2D eigenvalue weighted by Crippen LogP contribution is -2.53. The van der Waals surface area contributed by atoms with Crippen LogP contribution in [0.3, 0.4) is 0 Å². The quantitative estimate of drug-likeness (QED) is 0.555. The Hall–Kier alpha value is -2.83. The summed E-state index contributed by atoms with van der Waals surface area (Å²) in [7, 11) is 0. The molecule has 13 heteroatoms. The maximum atomic E-state index is 13.9. The first-order valence-corrected chi connectivity index (χ1v) is 12.7. The van der Waals surface area contributed by atoms with Crippen molar-refractivity contribution < 1.29 is 40.7 Å². The van der Waals surface area contributed by atoms with Crippen molar-refractivity contribution in [2.45, 2.75) is 76.1 Å². The van der Waals surface area contributed by atoms with Crippen LogP contribution in [0.5, 0.6) is 0 Å². The lowest BCUT2D eigenvalue weighted by atomic mass is 9.73. The van der Waals surface area contributed by atoms with Gasteiger partial charge < -0.3 is 14.5 Å². The summed E-state index contributed by atoms with van der Waals surface area (Å²) in [6.45, 7) is 2.32. The third kappa shape index (κ3) is 3.64. The molecule has 0 radical (unpaired) electrons. The van der Waals surface area contributed by atoms with Crippen molar-refractivity contribution in [3.8, 4) is 0 Å². The van der Waals surface area contributed by atoms with E-state index >= 15 is 0 Å². The van der Waals surface area contributed by atoms with Crippen molar-refractivity contribution in [2.24, 2.45) is 11.3 Å². The van der Waals surface area contributed by atoms with Gasteiger partial charge in [0.2, 0.25) is 5.91 Å². The lowest BCUT2D eigenvalue weighted by molar-refractivity contribution is -0.192. The van der Waals surface area contributed by atoms with Gasteiger partial charge >= 0.3 is 18.3 Å². The van der Waals surface area contributed by atoms with Crippen LogP contribution in [0.25, 0.3) is 10.9 Å². The minimum absolute atomic E-state index is 0.0433. The minimum Gasteiger partial charge on any atom is -0.381 e. The average molecular weight is 544 g/mol. The molecule has 1 aromatic carbocycles. The SMILES string of the molecule is CC1C2c3[nH]nc4cc(C(F)(F)F)cc(c34)CN2C(=O)[C@]12CC[C@@H](N(C(=O)C(F)(F)F)C1CCOCC1)C2.